The second kappa shape index (κ2) is 5.69. The van der Waals surface area contributed by atoms with E-state index in [-0.39, 0.29) is 30.1 Å². The maximum Gasteiger partial charge on any atom is 0.314 e. The lowest BCUT2D eigenvalue weighted by Gasteiger charge is -2.21. The Morgan fingerprint density at radius 1 is 1.35 bits per heavy atom. The second-order valence-corrected chi connectivity index (χ2v) is 4.46. The molecule has 1 heterocycles. The summed E-state index contributed by atoms with van der Waals surface area (Å²) in [5.41, 5.74) is -1.16. The zero-order valence-electron chi connectivity index (χ0n) is 11.1. The highest BCUT2D eigenvalue weighted by molar-refractivity contribution is 5.99. The lowest BCUT2D eigenvalue weighted by atomic mass is 9.90. The number of carbonyl (C=O) groups is 2. The Hall–Kier alpha value is -2.43. The van der Waals surface area contributed by atoms with Crippen molar-refractivity contribution in [3.8, 4) is 11.5 Å². The van der Waals surface area contributed by atoms with E-state index >= 15 is 0 Å². The summed E-state index contributed by atoms with van der Waals surface area (Å²) >= 11 is 0. The van der Waals surface area contributed by atoms with Gasteiger partial charge in [0.2, 0.25) is 0 Å². The van der Waals surface area contributed by atoms with Crippen molar-refractivity contribution in [3.63, 3.8) is 0 Å². The molecule has 1 aromatic carbocycles. The molecule has 1 unspecified atom stereocenters. The Morgan fingerprint density at radius 2 is 2.10 bits per heavy atom. The average Bonchev–Trinajstić information content (AvgIpc) is 2.90. The largest absolute Gasteiger partial charge is 0.504 e. The summed E-state index contributed by atoms with van der Waals surface area (Å²) in [6, 6.07) is 6.17. The summed E-state index contributed by atoms with van der Waals surface area (Å²) in [6.07, 6.45) is 4.85. The molecule has 5 nitrogen and oxygen atoms in total. The van der Waals surface area contributed by atoms with Gasteiger partial charge in [0, 0.05) is 12.6 Å². The molecule has 0 amide bonds. The van der Waals surface area contributed by atoms with Crippen LogP contribution >= 0.6 is 0 Å². The van der Waals surface area contributed by atoms with E-state index in [1.54, 1.807) is 31.2 Å². The number of benzene rings is 1. The summed E-state index contributed by atoms with van der Waals surface area (Å²) in [5, 5.41) is 9.55. The van der Waals surface area contributed by atoms with E-state index in [0.717, 1.165) is 0 Å². The van der Waals surface area contributed by atoms with Crippen molar-refractivity contribution in [1.29, 1.82) is 0 Å². The first-order chi connectivity index (χ1) is 9.57. The van der Waals surface area contributed by atoms with Gasteiger partial charge in [-0.3, -0.25) is 14.6 Å². The first kappa shape index (κ1) is 14.0. The van der Waals surface area contributed by atoms with Gasteiger partial charge in [0.25, 0.3) is 0 Å². The van der Waals surface area contributed by atoms with Crippen LogP contribution in [-0.4, -0.2) is 28.6 Å². The summed E-state index contributed by atoms with van der Waals surface area (Å²) in [6.45, 7) is 1.72. The van der Waals surface area contributed by atoms with Crippen LogP contribution in [0.1, 0.15) is 19.8 Å². The van der Waals surface area contributed by atoms with Crippen LogP contribution in [0.15, 0.2) is 41.4 Å². The van der Waals surface area contributed by atoms with Gasteiger partial charge in [-0.05, 0) is 24.3 Å². The number of phenols is 1. The third kappa shape index (κ3) is 2.77. The van der Waals surface area contributed by atoms with Crippen LogP contribution in [0.5, 0.6) is 11.5 Å². The number of ketones is 1. The van der Waals surface area contributed by atoms with Gasteiger partial charge in [0.15, 0.2) is 17.3 Å². The number of phenolic OH excluding ortho intramolecular Hbond substituents is 1. The first-order valence-corrected chi connectivity index (χ1v) is 6.32. The summed E-state index contributed by atoms with van der Waals surface area (Å²) in [7, 11) is 0. The van der Waals surface area contributed by atoms with Gasteiger partial charge in [-0.2, -0.15) is 0 Å². The predicted molar refractivity (Wildman–Crippen MR) is 74.0 cm³/mol. The number of aromatic hydroxyl groups is 1. The predicted octanol–water partition coefficient (Wildman–Crippen LogP) is 2.05. The number of ether oxygens (including phenoxy) is 1. The summed E-state index contributed by atoms with van der Waals surface area (Å²) < 4.78 is 5.08. The zero-order valence-corrected chi connectivity index (χ0v) is 11.1. The highest BCUT2D eigenvalue weighted by atomic mass is 16.5. The molecule has 1 aliphatic heterocycles. The normalized spacial score (nSPS) is 20.1. The molecule has 5 heteroatoms. The fourth-order valence-corrected chi connectivity index (χ4v) is 2.02. The van der Waals surface area contributed by atoms with E-state index in [0.29, 0.717) is 0 Å². The zero-order chi connectivity index (χ0) is 14.6. The Labute approximate surface area is 116 Å². The SMILES string of the molecule is CCC(=O)C1(CC(=O)Oc2ccccc2O)C=CC=N1. The minimum atomic E-state index is -1.16. The fourth-order valence-electron chi connectivity index (χ4n) is 2.02. The number of nitrogens with zero attached hydrogens (tertiary/aromatic N) is 1. The molecule has 0 spiro atoms. The number of hydrogen-bond acceptors (Lipinski definition) is 5. The molecule has 20 heavy (non-hydrogen) atoms. The number of para-hydroxylation sites is 2. The first-order valence-electron chi connectivity index (χ1n) is 6.32. The molecule has 0 fully saturated rings. The minimum absolute atomic E-state index is 0.0718. The van der Waals surface area contributed by atoms with Crippen LogP contribution in [0, 0.1) is 0 Å². The number of aliphatic imine (C=N–C) groups is 1. The fraction of sp³-hybridized carbons (Fsp3) is 0.267. The van der Waals surface area contributed by atoms with Gasteiger partial charge < -0.3 is 9.84 Å². The number of rotatable bonds is 5. The van der Waals surface area contributed by atoms with Crippen LogP contribution in [0.25, 0.3) is 0 Å². The Morgan fingerprint density at radius 3 is 2.70 bits per heavy atom. The van der Waals surface area contributed by atoms with Crippen molar-refractivity contribution in [2.24, 2.45) is 4.99 Å². The maximum atomic E-state index is 12.0. The number of Topliss-reactive ketones (excluding diaryl/α,β-unsaturated/α-hetero) is 1. The number of esters is 1. The van der Waals surface area contributed by atoms with Gasteiger partial charge >= 0.3 is 5.97 Å². The lowest BCUT2D eigenvalue weighted by Crippen LogP contribution is -2.36. The van der Waals surface area contributed by atoms with Gasteiger partial charge in [-0.15, -0.1) is 0 Å². The molecule has 0 aromatic heterocycles. The second-order valence-electron chi connectivity index (χ2n) is 4.46. The molecule has 0 saturated heterocycles. The Bertz CT molecular complexity index is 577. The highest BCUT2D eigenvalue weighted by Gasteiger charge is 2.38. The van der Waals surface area contributed by atoms with E-state index in [1.807, 2.05) is 0 Å². The van der Waals surface area contributed by atoms with Crippen LogP contribution in [0.2, 0.25) is 0 Å². The lowest BCUT2D eigenvalue weighted by molar-refractivity contribution is -0.138. The average molecular weight is 273 g/mol. The van der Waals surface area contributed by atoms with Crippen LogP contribution in [0.4, 0.5) is 0 Å². The highest BCUT2D eigenvalue weighted by Crippen LogP contribution is 2.28. The number of hydrogen-bond donors (Lipinski definition) is 1. The van der Waals surface area contributed by atoms with E-state index in [1.165, 1.54) is 18.3 Å². The Balaban J connectivity index is 2.11. The van der Waals surface area contributed by atoms with Crippen molar-refractivity contribution in [2.45, 2.75) is 25.3 Å². The molecule has 1 aliphatic rings. The Kier molecular flexibility index (Phi) is 3.98. The smallest absolute Gasteiger partial charge is 0.314 e. The molecule has 0 saturated carbocycles. The van der Waals surface area contributed by atoms with Crippen LogP contribution in [0.3, 0.4) is 0 Å². The molecule has 0 bridgehead atoms. The third-order valence-electron chi connectivity index (χ3n) is 3.07. The number of carbonyl (C=O) groups excluding carboxylic acids is 2. The van der Waals surface area contributed by atoms with Crippen molar-refractivity contribution < 1.29 is 19.4 Å². The molecular weight excluding hydrogens is 258 g/mol. The quantitative estimate of drug-likeness (QED) is 0.658. The minimum Gasteiger partial charge on any atom is -0.504 e. The standard InChI is InChI=1S/C15H15NO4/c1-2-13(18)15(8-5-9-16-15)10-14(19)20-12-7-4-3-6-11(12)17/h3-9,17H,2,10H2,1H3. The van der Waals surface area contributed by atoms with Gasteiger partial charge in [0.1, 0.15) is 5.54 Å². The van der Waals surface area contributed by atoms with Gasteiger partial charge in [-0.1, -0.05) is 19.1 Å². The van der Waals surface area contributed by atoms with E-state index in [2.05, 4.69) is 4.99 Å². The van der Waals surface area contributed by atoms with Gasteiger partial charge in [0.05, 0.1) is 6.42 Å². The summed E-state index contributed by atoms with van der Waals surface area (Å²) in [5.74, 6) is -0.807. The molecule has 0 aliphatic carbocycles. The van der Waals surface area contributed by atoms with Crippen molar-refractivity contribution in [3.05, 3.63) is 36.4 Å². The van der Waals surface area contributed by atoms with E-state index in [4.69, 9.17) is 4.74 Å². The molecule has 1 N–H and O–H groups in total. The molecular formula is C15H15NO4. The third-order valence-corrected chi connectivity index (χ3v) is 3.07. The van der Waals surface area contributed by atoms with E-state index in [9.17, 15) is 14.7 Å². The topological polar surface area (TPSA) is 76.0 Å². The van der Waals surface area contributed by atoms with Gasteiger partial charge in [-0.25, -0.2) is 0 Å². The monoisotopic (exact) mass is 273 g/mol. The molecule has 104 valence electrons. The van der Waals surface area contributed by atoms with Crippen molar-refractivity contribution in [2.75, 3.05) is 0 Å². The molecule has 0 radical (unpaired) electrons. The molecule has 1 aromatic rings. The maximum absolute atomic E-state index is 12.0. The molecule has 1 atom stereocenters. The summed E-state index contributed by atoms with van der Waals surface area (Å²) in [4.78, 5) is 28.0. The van der Waals surface area contributed by atoms with Crippen molar-refractivity contribution in [1.82, 2.24) is 0 Å². The van der Waals surface area contributed by atoms with E-state index < -0.39 is 11.5 Å². The van der Waals surface area contributed by atoms with Crippen molar-refractivity contribution >= 4 is 18.0 Å². The van der Waals surface area contributed by atoms with Crippen LogP contribution in [-0.2, 0) is 9.59 Å². The van der Waals surface area contributed by atoms with Crippen LogP contribution < -0.4 is 4.74 Å². The number of allylic oxidation sites excluding steroid dienone is 1. The molecule has 2 rings (SSSR count).